The van der Waals surface area contributed by atoms with E-state index in [-0.39, 0.29) is 0 Å². The van der Waals surface area contributed by atoms with E-state index in [1.165, 1.54) is 0 Å². The van der Waals surface area contributed by atoms with Gasteiger partial charge in [0.05, 0.1) is 0 Å². The summed E-state index contributed by atoms with van der Waals surface area (Å²) in [6, 6.07) is 17.6. The largest absolute Gasteiger partial charge is 0.309 e. The Labute approximate surface area is 133 Å². The summed E-state index contributed by atoms with van der Waals surface area (Å²) in [5.41, 5.74) is 0. The molecular formula is C18H16BrOP. The maximum atomic E-state index is 13.9. The first-order chi connectivity index (χ1) is 10.2. The monoisotopic (exact) mass is 358 g/mol. The van der Waals surface area contributed by atoms with Crippen LogP contribution in [0.4, 0.5) is 0 Å². The fourth-order valence-electron chi connectivity index (χ4n) is 2.57. The van der Waals surface area contributed by atoms with E-state index in [1.807, 2.05) is 60.7 Å². The van der Waals surface area contributed by atoms with Crippen molar-refractivity contribution in [1.82, 2.24) is 0 Å². The zero-order valence-electron chi connectivity index (χ0n) is 11.6. The molecule has 0 N–H and O–H groups in total. The number of benzene rings is 2. The summed E-state index contributed by atoms with van der Waals surface area (Å²) in [4.78, 5) is 0. The quantitative estimate of drug-likeness (QED) is 0.705. The molecule has 1 unspecified atom stereocenters. The lowest BCUT2D eigenvalue weighted by Crippen LogP contribution is -2.17. The summed E-state index contributed by atoms with van der Waals surface area (Å²) >= 11 is 3.45. The van der Waals surface area contributed by atoms with E-state index >= 15 is 0 Å². The lowest BCUT2D eigenvalue weighted by molar-refractivity contribution is 0.591. The van der Waals surface area contributed by atoms with Crippen molar-refractivity contribution in [2.24, 2.45) is 0 Å². The van der Waals surface area contributed by atoms with Gasteiger partial charge >= 0.3 is 0 Å². The molecule has 0 bridgehead atoms. The molecule has 106 valence electrons. The Morgan fingerprint density at radius 2 is 1.52 bits per heavy atom. The van der Waals surface area contributed by atoms with Gasteiger partial charge in [-0.25, -0.2) is 0 Å². The molecular weight excluding hydrogens is 343 g/mol. The van der Waals surface area contributed by atoms with Crippen LogP contribution < -0.4 is 10.6 Å². The summed E-state index contributed by atoms with van der Waals surface area (Å²) in [5.74, 6) is 0. The minimum absolute atomic E-state index is 0.884. The van der Waals surface area contributed by atoms with E-state index in [9.17, 15) is 4.57 Å². The van der Waals surface area contributed by atoms with Gasteiger partial charge in [-0.2, -0.15) is 0 Å². The van der Waals surface area contributed by atoms with E-state index in [4.69, 9.17) is 0 Å². The van der Waals surface area contributed by atoms with E-state index in [1.54, 1.807) is 0 Å². The van der Waals surface area contributed by atoms with Gasteiger partial charge < -0.3 is 4.57 Å². The number of hydrogen-bond acceptors (Lipinski definition) is 1. The molecule has 0 spiro atoms. The van der Waals surface area contributed by atoms with Crippen LogP contribution in [0, 0.1) is 0 Å². The highest BCUT2D eigenvalue weighted by molar-refractivity contribution is 9.10. The summed E-state index contributed by atoms with van der Waals surface area (Å²) in [5, 5.41) is 2.72. The summed E-state index contributed by atoms with van der Waals surface area (Å²) in [6.07, 6.45) is 8.25. The predicted octanol–water partition coefficient (Wildman–Crippen LogP) is 5.00. The van der Waals surface area contributed by atoms with Crippen LogP contribution in [0.15, 0.2) is 82.6 Å². The third kappa shape index (κ3) is 2.84. The summed E-state index contributed by atoms with van der Waals surface area (Å²) in [7, 11) is -2.77. The van der Waals surface area contributed by atoms with E-state index in [0.29, 0.717) is 0 Å². The van der Waals surface area contributed by atoms with Gasteiger partial charge in [-0.3, -0.25) is 0 Å². The zero-order chi connectivity index (χ0) is 14.7. The Hall–Kier alpha value is -1.37. The lowest BCUT2D eigenvalue weighted by Gasteiger charge is -2.22. The molecule has 0 aromatic heterocycles. The van der Waals surface area contributed by atoms with Crippen molar-refractivity contribution < 1.29 is 4.57 Å². The molecule has 0 fully saturated rings. The Balaban J connectivity index is 2.20. The number of allylic oxidation sites excluding steroid dienone is 4. The molecule has 0 heterocycles. The van der Waals surface area contributed by atoms with E-state index in [0.717, 1.165) is 33.2 Å². The zero-order valence-corrected chi connectivity index (χ0v) is 14.1. The highest BCUT2D eigenvalue weighted by Crippen LogP contribution is 2.53. The standard InChI is InChI=1S/C18H16BrOP/c19-15-11-13-18(14-12-15)21(20,16-7-3-1-4-8-16)17-9-5-2-6-10-17/h1,3-5,7-14H,2,6H2. The second-order valence-corrected chi connectivity index (χ2v) is 8.71. The van der Waals surface area contributed by atoms with Crippen LogP contribution in [0.25, 0.3) is 0 Å². The van der Waals surface area contributed by atoms with Crippen molar-refractivity contribution >= 4 is 33.7 Å². The molecule has 0 amide bonds. The molecule has 0 saturated carbocycles. The van der Waals surface area contributed by atoms with Crippen molar-refractivity contribution in [2.45, 2.75) is 12.8 Å². The van der Waals surface area contributed by atoms with Gasteiger partial charge in [0.15, 0.2) is 7.14 Å². The average Bonchev–Trinajstić information content (AvgIpc) is 2.56. The van der Waals surface area contributed by atoms with Crippen LogP contribution in [-0.4, -0.2) is 0 Å². The Bertz CT molecular complexity index is 730. The molecule has 2 aromatic rings. The number of halogens is 1. The Kier molecular flexibility index (Phi) is 4.28. The third-order valence-electron chi connectivity index (χ3n) is 3.65. The molecule has 1 aliphatic rings. The van der Waals surface area contributed by atoms with Crippen LogP contribution in [0.3, 0.4) is 0 Å². The third-order valence-corrected chi connectivity index (χ3v) is 7.29. The van der Waals surface area contributed by atoms with Crippen molar-refractivity contribution in [3.63, 3.8) is 0 Å². The predicted molar refractivity (Wildman–Crippen MR) is 93.9 cm³/mol. The first-order valence-electron chi connectivity index (χ1n) is 7.00. The molecule has 3 heteroatoms. The van der Waals surface area contributed by atoms with Gasteiger partial charge in [0.1, 0.15) is 0 Å². The molecule has 1 nitrogen and oxygen atoms in total. The number of rotatable bonds is 3. The highest BCUT2D eigenvalue weighted by atomic mass is 79.9. The SMILES string of the molecule is O=P(C1=CCCC=C1)(c1ccccc1)c1ccc(Br)cc1. The fourth-order valence-corrected chi connectivity index (χ4v) is 5.59. The molecule has 21 heavy (non-hydrogen) atoms. The first kappa shape index (κ1) is 14.6. The van der Waals surface area contributed by atoms with Gasteiger partial charge in [-0.1, -0.05) is 64.5 Å². The van der Waals surface area contributed by atoms with Crippen molar-refractivity contribution in [2.75, 3.05) is 0 Å². The van der Waals surface area contributed by atoms with Gasteiger partial charge in [-0.05, 0) is 37.1 Å². The smallest absolute Gasteiger partial charge is 0.170 e. The highest BCUT2D eigenvalue weighted by Gasteiger charge is 2.30. The molecule has 0 radical (unpaired) electrons. The van der Waals surface area contributed by atoms with Crippen molar-refractivity contribution in [3.8, 4) is 0 Å². The maximum Gasteiger partial charge on any atom is 0.170 e. The van der Waals surface area contributed by atoms with Crippen LogP contribution in [0.5, 0.6) is 0 Å². The van der Waals surface area contributed by atoms with Crippen LogP contribution in [0.1, 0.15) is 12.8 Å². The number of hydrogen-bond donors (Lipinski definition) is 0. The van der Waals surface area contributed by atoms with Gasteiger partial charge in [0.2, 0.25) is 0 Å². The molecule has 2 aromatic carbocycles. The normalized spacial score (nSPS) is 17.1. The van der Waals surface area contributed by atoms with E-state index in [2.05, 4.69) is 28.1 Å². The van der Waals surface area contributed by atoms with E-state index < -0.39 is 7.14 Å². The van der Waals surface area contributed by atoms with Crippen molar-refractivity contribution in [3.05, 3.63) is 82.6 Å². The second-order valence-electron chi connectivity index (χ2n) is 5.03. The molecule has 0 aliphatic heterocycles. The van der Waals surface area contributed by atoms with Crippen LogP contribution in [-0.2, 0) is 4.57 Å². The summed E-state index contributed by atoms with van der Waals surface area (Å²) < 4.78 is 14.9. The van der Waals surface area contributed by atoms with Crippen molar-refractivity contribution in [1.29, 1.82) is 0 Å². The van der Waals surface area contributed by atoms with Gasteiger partial charge in [0, 0.05) is 20.4 Å². The average molecular weight is 359 g/mol. The Morgan fingerprint density at radius 3 is 2.14 bits per heavy atom. The minimum Gasteiger partial charge on any atom is -0.309 e. The fraction of sp³-hybridized carbons (Fsp3) is 0.111. The molecule has 1 aliphatic carbocycles. The Morgan fingerprint density at radius 1 is 0.857 bits per heavy atom. The molecule has 0 saturated heterocycles. The molecule has 1 atom stereocenters. The van der Waals surface area contributed by atoms with Crippen LogP contribution in [0.2, 0.25) is 0 Å². The maximum absolute atomic E-state index is 13.9. The van der Waals surface area contributed by atoms with Gasteiger partial charge in [-0.15, -0.1) is 0 Å². The van der Waals surface area contributed by atoms with Gasteiger partial charge in [0.25, 0.3) is 0 Å². The lowest BCUT2D eigenvalue weighted by atomic mass is 10.2. The first-order valence-corrected chi connectivity index (χ1v) is 9.50. The minimum atomic E-state index is -2.77. The summed E-state index contributed by atoms with van der Waals surface area (Å²) in [6.45, 7) is 0. The van der Waals surface area contributed by atoms with Crippen LogP contribution >= 0.6 is 23.1 Å². The molecule has 3 rings (SSSR count). The second kappa shape index (κ2) is 6.17. The topological polar surface area (TPSA) is 17.1 Å².